The molecule has 2 atom stereocenters. The molecule has 7 rings (SSSR count). The third kappa shape index (κ3) is 2.87. The van der Waals surface area contributed by atoms with Crippen molar-refractivity contribution >= 4 is 65.2 Å². The first-order chi connectivity index (χ1) is 16.7. The molecule has 0 saturated carbocycles. The molecule has 0 bridgehead atoms. The number of allylic oxidation sites excluding steroid dienone is 4. The van der Waals surface area contributed by atoms with Gasteiger partial charge in [-0.2, -0.15) is 0 Å². The predicted octanol–water partition coefficient (Wildman–Crippen LogP) is 9.25. The normalized spacial score (nSPS) is 18.6. The molecule has 4 aromatic carbocycles. The molecule has 0 radical (unpaired) electrons. The Morgan fingerprint density at radius 1 is 0.706 bits per heavy atom. The zero-order valence-corrected chi connectivity index (χ0v) is 20.3. The molecule has 3 heteroatoms. The molecule has 0 saturated heterocycles. The van der Waals surface area contributed by atoms with Gasteiger partial charge in [0.05, 0.1) is 6.04 Å². The van der Waals surface area contributed by atoms with Crippen LogP contribution in [0.2, 0.25) is 0 Å². The van der Waals surface area contributed by atoms with Gasteiger partial charge in [0.2, 0.25) is 0 Å². The summed E-state index contributed by atoms with van der Waals surface area (Å²) in [6, 6.07) is 32.5. The van der Waals surface area contributed by atoms with E-state index in [9.17, 15) is 0 Å². The molecule has 164 valence electrons. The Balaban J connectivity index is 1.41. The van der Waals surface area contributed by atoms with Crippen LogP contribution < -0.4 is 0 Å². The van der Waals surface area contributed by atoms with Crippen LogP contribution in [0.3, 0.4) is 0 Å². The monoisotopic (exact) mass is 503 g/mol. The summed E-state index contributed by atoms with van der Waals surface area (Å²) in [5.74, 6) is 0.288. The van der Waals surface area contributed by atoms with Gasteiger partial charge in [-0.05, 0) is 53.6 Å². The zero-order chi connectivity index (χ0) is 22.8. The second-order valence-electron chi connectivity index (χ2n) is 9.14. The molecule has 1 aliphatic carbocycles. The van der Waals surface area contributed by atoms with E-state index in [0.29, 0.717) is 0 Å². The van der Waals surface area contributed by atoms with E-state index in [1.165, 1.54) is 38.3 Å². The Hall–Kier alpha value is -3.56. The van der Waals surface area contributed by atoms with Gasteiger partial charge < -0.3 is 8.98 Å². The first kappa shape index (κ1) is 19.9. The van der Waals surface area contributed by atoms with Gasteiger partial charge in [-0.15, -0.1) is 0 Å². The topological polar surface area (TPSA) is 18.1 Å². The molecule has 6 aromatic rings. The number of benzene rings is 4. The third-order valence-corrected chi connectivity index (χ3v) is 7.74. The van der Waals surface area contributed by atoms with Crippen molar-refractivity contribution in [2.24, 2.45) is 5.92 Å². The number of hydrogen-bond acceptors (Lipinski definition) is 1. The van der Waals surface area contributed by atoms with Crippen molar-refractivity contribution in [3.8, 4) is 0 Å². The van der Waals surface area contributed by atoms with E-state index in [0.717, 1.165) is 21.0 Å². The summed E-state index contributed by atoms with van der Waals surface area (Å²) in [5.41, 5.74) is 6.98. The second-order valence-corrected chi connectivity index (χ2v) is 10.1. The number of para-hydroxylation sites is 3. The largest absolute Gasteiger partial charge is 0.456 e. The molecule has 2 aromatic heterocycles. The number of furan rings is 1. The van der Waals surface area contributed by atoms with E-state index in [-0.39, 0.29) is 12.0 Å². The van der Waals surface area contributed by atoms with Crippen LogP contribution in [-0.4, -0.2) is 4.57 Å². The fraction of sp³-hybridized carbons (Fsp3) is 0.0968. The van der Waals surface area contributed by atoms with Crippen LogP contribution in [0.4, 0.5) is 0 Å². The van der Waals surface area contributed by atoms with Gasteiger partial charge in [0.15, 0.2) is 0 Å². The Kier molecular flexibility index (Phi) is 4.37. The van der Waals surface area contributed by atoms with E-state index in [1.54, 1.807) is 0 Å². The first-order valence-electron chi connectivity index (χ1n) is 11.7. The van der Waals surface area contributed by atoms with Crippen LogP contribution in [-0.2, 0) is 0 Å². The Labute approximate surface area is 205 Å². The third-order valence-electron chi connectivity index (χ3n) is 7.25. The van der Waals surface area contributed by atoms with Crippen molar-refractivity contribution < 1.29 is 4.42 Å². The Bertz CT molecular complexity index is 1750. The summed E-state index contributed by atoms with van der Waals surface area (Å²) in [5, 5.41) is 4.94. The molecular formula is C31H22BrNO. The van der Waals surface area contributed by atoms with Crippen molar-refractivity contribution in [1.29, 1.82) is 0 Å². The molecule has 2 heterocycles. The highest BCUT2D eigenvalue weighted by atomic mass is 79.9. The lowest BCUT2D eigenvalue weighted by Gasteiger charge is -2.30. The van der Waals surface area contributed by atoms with Crippen LogP contribution in [0.5, 0.6) is 0 Å². The molecular weight excluding hydrogens is 482 g/mol. The molecule has 0 amide bonds. The van der Waals surface area contributed by atoms with Gasteiger partial charge in [0.25, 0.3) is 0 Å². The smallest absolute Gasteiger partial charge is 0.135 e. The Morgan fingerprint density at radius 2 is 1.32 bits per heavy atom. The summed E-state index contributed by atoms with van der Waals surface area (Å²) in [4.78, 5) is 0. The summed E-state index contributed by atoms with van der Waals surface area (Å²) in [6.07, 6.45) is 4.62. The number of hydrogen-bond donors (Lipinski definition) is 0. The first-order valence-corrected chi connectivity index (χ1v) is 12.5. The van der Waals surface area contributed by atoms with E-state index in [1.807, 2.05) is 12.1 Å². The number of fused-ring (bicyclic) bond motifs is 6. The lowest BCUT2D eigenvalue weighted by molar-refractivity contribution is 0.522. The van der Waals surface area contributed by atoms with E-state index >= 15 is 0 Å². The summed E-state index contributed by atoms with van der Waals surface area (Å²) < 4.78 is 9.70. The number of rotatable bonds is 2. The molecule has 0 spiro atoms. The van der Waals surface area contributed by atoms with Gasteiger partial charge in [0, 0.05) is 43.0 Å². The van der Waals surface area contributed by atoms with E-state index < -0.39 is 0 Å². The molecule has 0 aliphatic heterocycles. The fourth-order valence-electron chi connectivity index (χ4n) is 5.64. The van der Waals surface area contributed by atoms with Gasteiger partial charge in [0.1, 0.15) is 11.2 Å². The van der Waals surface area contributed by atoms with Crippen molar-refractivity contribution in [1.82, 2.24) is 4.57 Å². The second kappa shape index (κ2) is 7.48. The van der Waals surface area contributed by atoms with Crippen LogP contribution in [0.15, 0.2) is 112 Å². The summed E-state index contributed by atoms with van der Waals surface area (Å²) >= 11 is 3.84. The highest BCUT2D eigenvalue weighted by Gasteiger charge is 2.28. The van der Waals surface area contributed by atoms with Crippen LogP contribution in [0, 0.1) is 5.92 Å². The Morgan fingerprint density at radius 3 is 2.06 bits per heavy atom. The summed E-state index contributed by atoms with van der Waals surface area (Å²) in [7, 11) is 0. The lowest BCUT2D eigenvalue weighted by atomic mass is 9.84. The average molecular weight is 504 g/mol. The molecule has 0 N–H and O–H groups in total. The minimum atomic E-state index is 0.191. The number of halogens is 1. The number of nitrogens with zero attached hydrogens (tertiary/aromatic N) is 1. The molecule has 34 heavy (non-hydrogen) atoms. The van der Waals surface area contributed by atoms with Gasteiger partial charge in [-0.25, -0.2) is 0 Å². The van der Waals surface area contributed by atoms with Crippen molar-refractivity contribution in [2.45, 2.75) is 13.0 Å². The zero-order valence-electron chi connectivity index (χ0n) is 18.7. The van der Waals surface area contributed by atoms with Gasteiger partial charge in [-0.1, -0.05) is 83.5 Å². The molecule has 2 unspecified atom stereocenters. The van der Waals surface area contributed by atoms with E-state index in [4.69, 9.17) is 4.42 Å². The van der Waals surface area contributed by atoms with Crippen LogP contribution in [0.25, 0.3) is 49.3 Å². The fourth-order valence-corrected chi connectivity index (χ4v) is 6.16. The van der Waals surface area contributed by atoms with Crippen molar-refractivity contribution in [2.75, 3.05) is 0 Å². The standard InChI is InChI=1S/C31H22BrNO/c1-19-25(20-14-15-31-26(16-20)24-10-4-7-13-30(24)34-31)17-21(32)18-29(19)33-27-11-5-2-8-22(27)23-9-3-6-12-28(23)33/h2-19,29H,1H3. The van der Waals surface area contributed by atoms with Crippen molar-refractivity contribution in [3.05, 3.63) is 113 Å². The maximum atomic E-state index is 6.07. The van der Waals surface area contributed by atoms with Gasteiger partial charge in [-0.3, -0.25) is 0 Å². The lowest BCUT2D eigenvalue weighted by Crippen LogP contribution is -2.19. The predicted molar refractivity (Wildman–Crippen MR) is 146 cm³/mol. The molecule has 1 aliphatic rings. The maximum Gasteiger partial charge on any atom is 0.135 e. The number of aromatic nitrogens is 1. The van der Waals surface area contributed by atoms with Crippen molar-refractivity contribution in [3.63, 3.8) is 0 Å². The quantitative estimate of drug-likeness (QED) is 0.230. The molecule has 2 nitrogen and oxygen atoms in total. The minimum absolute atomic E-state index is 0.191. The van der Waals surface area contributed by atoms with Crippen LogP contribution in [0.1, 0.15) is 18.5 Å². The summed E-state index contributed by atoms with van der Waals surface area (Å²) in [6.45, 7) is 2.34. The van der Waals surface area contributed by atoms with Gasteiger partial charge >= 0.3 is 0 Å². The highest BCUT2D eigenvalue weighted by Crippen LogP contribution is 2.44. The highest BCUT2D eigenvalue weighted by molar-refractivity contribution is 9.11. The maximum absolute atomic E-state index is 6.07. The molecule has 0 fully saturated rings. The van der Waals surface area contributed by atoms with E-state index in [2.05, 4.69) is 118 Å². The SMILES string of the molecule is CC1C(c2ccc3oc4ccccc4c3c2)=CC(Br)=CC1n1c2ccccc2c2ccccc21. The minimum Gasteiger partial charge on any atom is -0.456 e. The average Bonchev–Trinajstić information content (AvgIpc) is 3.41. The van der Waals surface area contributed by atoms with Crippen LogP contribution >= 0.6 is 15.9 Å².